The third kappa shape index (κ3) is 2.13. The van der Waals surface area contributed by atoms with Crippen LogP contribution < -0.4 is 11.1 Å². The largest absolute Gasteiger partial charge is 0.373 e. The summed E-state index contributed by atoms with van der Waals surface area (Å²) in [6.45, 7) is 4.22. The van der Waals surface area contributed by atoms with Crippen LogP contribution >= 0.6 is 0 Å². The van der Waals surface area contributed by atoms with Crippen LogP contribution in [0.5, 0.6) is 0 Å². The average Bonchev–Trinajstić information content (AvgIpc) is 2.44. The number of sulfonamides is 1. The van der Waals surface area contributed by atoms with Crippen molar-refractivity contribution >= 4 is 21.6 Å². The summed E-state index contributed by atoms with van der Waals surface area (Å²) in [6.07, 6.45) is 2.07. The van der Waals surface area contributed by atoms with Gasteiger partial charge in [-0.25, -0.2) is 8.42 Å². The van der Waals surface area contributed by atoms with E-state index in [2.05, 4.69) is 11.9 Å². The van der Waals surface area contributed by atoms with E-state index >= 15 is 0 Å². The van der Waals surface area contributed by atoms with Gasteiger partial charge in [0.2, 0.25) is 15.9 Å². The van der Waals surface area contributed by atoms with E-state index in [0.717, 1.165) is 5.56 Å². The number of carbonyl (C=O) groups excluding carboxylic acids is 1. The van der Waals surface area contributed by atoms with Gasteiger partial charge in [-0.1, -0.05) is 12.1 Å². The maximum atomic E-state index is 12.6. The molecule has 21 heavy (non-hydrogen) atoms. The molecular weight excluding hydrogens is 290 g/mol. The van der Waals surface area contributed by atoms with Crippen molar-refractivity contribution in [1.82, 2.24) is 4.31 Å². The van der Waals surface area contributed by atoms with Crippen LogP contribution in [-0.4, -0.2) is 37.8 Å². The van der Waals surface area contributed by atoms with Crippen LogP contribution in [0.15, 0.2) is 35.7 Å². The second kappa shape index (κ2) is 4.85. The van der Waals surface area contributed by atoms with Crippen molar-refractivity contribution in [3.8, 4) is 0 Å². The summed E-state index contributed by atoms with van der Waals surface area (Å²) in [6, 6.07) is 4.61. The zero-order valence-corrected chi connectivity index (χ0v) is 12.3. The van der Waals surface area contributed by atoms with Crippen molar-refractivity contribution in [1.29, 1.82) is 0 Å². The Morgan fingerprint density at radius 3 is 2.95 bits per heavy atom. The van der Waals surface area contributed by atoms with Crippen LogP contribution in [0.1, 0.15) is 17.9 Å². The van der Waals surface area contributed by atoms with Gasteiger partial charge in [-0.05, 0) is 24.1 Å². The number of primary amides is 1. The van der Waals surface area contributed by atoms with Crippen LogP contribution in [-0.2, 0) is 14.8 Å². The Kier molecular flexibility index (Phi) is 3.26. The summed E-state index contributed by atoms with van der Waals surface area (Å²) in [7, 11) is -3.51. The summed E-state index contributed by atoms with van der Waals surface area (Å²) >= 11 is 0. The molecule has 0 bridgehead atoms. The first-order valence-corrected chi connectivity index (χ1v) is 8.19. The predicted molar refractivity (Wildman–Crippen MR) is 79.4 cm³/mol. The maximum Gasteiger partial charge on any atom is 0.243 e. The Morgan fingerprint density at radius 2 is 2.29 bits per heavy atom. The van der Waals surface area contributed by atoms with Gasteiger partial charge in [-0.3, -0.25) is 4.79 Å². The van der Waals surface area contributed by atoms with E-state index in [1.807, 2.05) is 0 Å². The molecule has 6 nitrogen and oxygen atoms in total. The molecule has 1 aromatic carbocycles. The van der Waals surface area contributed by atoms with Gasteiger partial charge in [0.25, 0.3) is 0 Å². The Balaban J connectivity index is 2.14. The van der Waals surface area contributed by atoms with Crippen LogP contribution in [0.25, 0.3) is 0 Å². The van der Waals surface area contributed by atoms with E-state index in [1.165, 1.54) is 4.31 Å². The number of hydrogen-bond acceptors (Lipinski definition) is 4. The normalized spacial score (nSPS) is 26.5. The van der Waals surface area contributed by atoms with E-state index in [0.29, 0.717) is 23.5 Å². The molecule has 0 saturated heterocycles. The zero-order chi connectivity index (χ0) is 15.2. The number of benzene rings is 1. The van der Waals surface area contributed by atoms with Crippen molar-refractivity contribution in [2.45, 2.75) is 23.3 Å². The molecule has 0 saturated carbocycles. The molecule has 2 aliphatic heterocycles. The van der Waals surface area contributed by atoms with Gasteiger partial charge in [0.15, 0.2) is 0 Å². The molecule has 0 spiro atoms. The number of nitrogens with two attached hydrogens (primary N) is 1. The molecule has 3 N–H and O–H groups in total. The standard InChI is InChI=1S/C14H17N3O3S/c1-2-6-17-8-9-7-11(14(15)18)16-10-4-3-5-12(13(9)10)21(17,19)20/h2-5,9,11,16H,1,6-8H2,(H2,15,18)/t9-,11-/m0/s1. The highest BCUT2D eigenvalue weighted by molar-refractivity contribution is 7.89. The number of nitrogens with zero attached hydrogens (tertiary/aromatic N) is 1. The SMILES string of the molecule is C=CCN1C[C@@H]2C[C@@H](C(N)=O)Nc3cccc(c32)S1(=O)=O. The molecule has 2 aliphatic rings. The third-order valence-corrected chi connectivity index (χ3v) is 5.93. The van der Waals surface area contributed by atoms with Crippen LogP contribution in [0.3, 0.4) is 0 Å². The van der Waals surface area contributed by atoms with Crippen LogP contribution in [0.2, 0.25) is 0 Å². The highest BCUT2D eigenvalue weighted by atomic mass is 32.2. The Morgan fingerprint density at radius 1 is 1.52 bits per heavy atom. The molecule has 112 valence electrons. The summed E-state index contributed by atoms with van der Waals surface area (Å²) < 4.78 is 26.6. The molecule has 1 amide bonds. The summed E-state index contributed by atoms with van der Waals surface area (Å²) in [4.78, 5) is 11.8. The third-order valence-electron chi connectivity index (χ3n) is 4.04. The average molecular weight is 307 g/mol. The number of carbonyl (C=O) groups is 1. The molecule has 2 heterocycles. The first-order chi connectivity index (χ1) is 9.95. The minimum Gasteiger partial charge on any atom is -0.373 e. The Labute approximate surface area is 123 Å². The Hall–Kier alpha value is -1.86. The number of anilines is 1. The van der Waals surface area contributed by atoms with Gasteiger partial charge in [-0.2, -0.15) is 4.31 Å². The smallest absolute Gasteiger partial charge is 0.243 e. The van der Waals surface area contributed by atoms with Crippen LogP contribution in [0.4, 0.5) is 5.69 Å². The molecule has 0 fully saturated rings. The molecular formula is C14H17N3O3S. The fraction of sp³-hybridized carbons (Fsp3) is 0.357. The van der Waals surface area contributed by atoms with Gasteiger partial charge < -0.3 is 11.1 Å². The minimum absolute atomic E-state index is 0.0292. The van der Waals surface area contributed by atoms with Gasteiger partial charge in [-0.15, -0.1) is 6.58 Å². The lowest BCUT2D eigenvalue weighted by Crippen LogP contribution is -2.46. The van der Waals surface area contributed by atoms with Crippen LogP contribution in [0, 0.1) is 0 Å². The van der Waals surface area contributed by atoms with E-state index in [1.54, 1.807) is 24.3 Å². The summed E-state index contributed by atoms with van der Waals surface area (Å²) in [5.74, 6) is -0.451. The number of amides is 1. The Bertz CT molecular complexity index is 714. The second-order valence-electron chi connectivity index (χ2n) is 5.36. The quantitative estimate of drug-likeness (QED) is 0.801. The number of nitrogens with one attached hydrogen (secondary N) is 1. The van der Waals surface area contributed by atoms with Crippen molar-refractivity contribution in [2.24, 2.45) is 5.73 Å². The lowest BCUT2D eigenvalue weighted by atomic mass is 9.86. The van der Waals surface area contributed by atoms with E-state index in [4.69, 9.17) is 5.73 Å². The highest BCUT2D eigenvalue weighted by Crippen LogP contribution is 2.43. The fourth-order valence-corrected chi connectivity index (χ4v) is 4.88. The zero-order valence-electron chi connectivity index (χ0n) is 11.5. The number of hydrogen-bond donors (Lipinski definition) is 2. The molecule has 0 radical (unpaired) electrons. The molecule has 0 aliphatic carbocycles. The monoisotopic (exact) mass is 307 g/mol. The minimum atomic E-state index is -3.51. The first-order valence-electron chi connectivity index (χ1n) is 6.75. The molecule has 0 unspecified atom stereocenters. The molecule has 1 aromatic rings. The number of rotatable bonds is 3. The second-order valence-corrected chi connectivity index (χ2v) is 7.27. The van der Waals surface area contributed by atoms with Gasteiger partial charge in [0, 0.05) is 24.7 Å². The van der Waals surface area contributed by atoms with Gasteiger partial charge >= 0.3 is 0 Å². The van der Waals surface area contributed by atoms with E-state index in [-0.39, 0.29) is 12.5 Å². The van der Waals surface area contributed by atoms with Crippen molar-refractivity contribution in [3.05, 3.63) is 36.4 Å². The molecule has 3 rings (SSSR count). The summed E-state index contributed by atoms with van der Waals surface area (Å²) in [5, 5.41) is 3.04. The van der Waals surface area contributed by atoms with Crippen molar-refractivity contribution < 1.29 is 13.2 Å². The maximum absolute atomic E-state index is 12.6. The van der Waals surface area contributed by atoms with E-state index in [9.17, 15) is 13.2 Å². The molecule has 0 aromatic heterocycles. The molecule has 2 atom stereocenters. The predicted octanol–water partition coefficient (Wildman–Crippen LogP) is 0.630. The lowest BCUT2D eigenvalue weighted by Gasteiger charge is -2.39. The topological polar surface area (TPSA) is 92.5 Å². The molecule has 7 heteroatoms. The first kappa shape index (κ1) is 14.1. The highest BCUT2D eigenvalue weighted by Gasteiger charge is 2.41. The fourth-order valence-electron chi connectivity index (χ4n) is 3.12. The lowest BCUT2D eigenvalue weighted by molar-refractivity contribution is -0.119. The van der Waals surface area contributed by atoms with Crippen molar-refractivity contribution in [3.63, 3.8) is 0 Å². The van der Waals surface area contributed by atoms with E-state index < -0.39 is 22.0 Å². The van der Waals surface area contributed by atoms with Gasteiger partial charge in [0.05, 0.1) is 4.90 Å². The van der Waals surface area contributed by atoms with Gasteiger partial charge in [0.1, 0.15) is 6.04 Å². The summed E-state index contributed by atoms with van der Waals surface area (Å²) in [5.41, 5.74) is 6.86. The van der Waals surface area contributed by atoms with Crippen molar-refractivity contribution in [2.75, 3.05) is 18.4 Å².